The predicted molar refractivity (Wildman–Crippen MR) is 117 cm³/mol. The number of nitrogens with zero attached hydrogens (tertiary/aromatic N) is 1. The zero-order chi connectivity index (χ0) is 21.3. The number of hydrogen-bond donors (Lipinski definition) is 1. The fourth-order valence-corrected chi connectivity index (χ4v) is 4.36. The quantitative estimate of drug-likeness (QED) is 0.456. The summed E-state index contributed by atoms with van der Waals surface area (Å²) in [6, 6.07) is 11.1. The van der Waals surface area contributed by atoms with E-state index in [-0.39, 0.29) is 17.8 Å². The van der Waals surface area contributed by atoms with E-state index in [1.54, 1.807) is 18.3 Å². The van der Waals surface area contributed by atoms with Gasteiger partial charge in [-0.3, -0.25) is 9.78 Å². The average Bonchev–Trinajstić information content (AvgIpc) is 3.30. The molecule has 4 rings (SSSR count). The van der Waals surface area contributed by atoms with E-state index in [0.29, 0.717) is 17.2 Å². The summed E-state index contributed by atoms with van der Waals surface area (Å²) >= 11 is 0. The Bertz CT molecular complexity index is 1080. The number of rotatable bonds is 6. The van der Waals surface area contributed by atoms with Gasteiger partial charge < -0.3 is 9.72 Å². The summed E-state index contributed by atoms with van der Waals surface area (Å²) in [5.41, 5.74) is 3.98. The number of aromatic nitrogens is 2. The van der Waals surface area contributed by atoms with E-state index in [0.717, 1.165) is 47.8 Å². The molecule has 156 valence electrons. The van der Waals surface area contributed by atoms with Crippen molar-refractivity contribution < 1.29 is 14.3 Å². The lowest BCUT2D eigenvalue weighted by Crippen LogP contribution is -2.31. The Morgan fingerprint density at radius 2 is 2.00 bits per heavy atom. The molecule has 1 N–H and O–H groups in total. The lowest BCUT2D eigenvalue weighted by Gasteiger charge is -2.37. The number of aryl methyl sites for hydroxylation is 1. The van der Waals surface area contributed by atoms with Crippen molar-refractivity contribution >= 4 is 22.7 Å². The molecule has 2 heterocycles. The van der Waals surface area contributed by atoms with Gasteiger partial charge in [-0.25, -0.2) is 4.79 Å². The first kappa shape index (κ1) is 20.3. The molecule has 0 aliphatic heterocycles. The third-order valence-corrected chi connectivity index (χ3v) is 6.71. The van der Waals surface area contributed by atoms with Crippen LogP contribution in [0.25, 0.3) is 10.9 Å². The van der Waals surface area contributed by atoms with Gasteiger partial charge in [0, 0.05) is 17.3 Å². The van der Waals surface area contributed by atoms with Gasteiger partial charge in [0.15, 0.2) is 6.61 Å². The highest BCUT2D eigenvalue weighted by atomic mass is 16.5. The average molecular weight is 405 g/mol. The number of pyridine rings is 1. The fourth-order valence-electron chi connectivity index (χ4n) is 4.36. The Morgan fingerprint density at radius 1 is 1.20 bits per heavy atom. The number of carbonyl (C=O) groups is 2. The number of H-pyrrole nitrogens is 1. The highest BCUT2D eigenvalue weighted by Crippen LogP contribution is 2.41. The molecule has 5 nitrogen and oxygen atoms in total. The number of benzene rings is 1. The van der Waals surface area contributed by atoms with E-state index < -0.39 is 5.97 Å². The van der Waals surface area contributed by atoms with Crippen molar-refractivity contribution in [2.75, 3.05) is 6.61 Å². The van der Waals surface area contributed by atoms with Crippen LogP contribution in [0, 0.1) is 11.3 Å². The summed E-state index contributed by atoms with van der Waals surface area (Å²) in [5, 5.41) is 0.795. The lowest BCUT2D eigenvalue weighted by molar-refractivity contribution is 0.0473. The van der Waals surface area contributed by atoms with Gasteiger partial charge in [-0.2, -0.15) is 0 Å². The van der Waals surface area contributed by atoms with E-state index in [1.165, 1.54) is 0 Å². The molecule has 0 amide bonds. The van der Waals surface area contributed by atoms with E-state index in [1.807, 2.05) is 24.3 Å². The van der Waals surface area contributed by atoms with Crippen LogP contribution in [0.15, 0.2) is 42.6 Å². The Hall–Kier alpha value is -2.95. The number of aromatic amines is 1. The summed E-state index contributed by atoms with van der Waals surface area (Å²) in [6.45, 7) is 6.53. The van der Waals surface area contributed by atoms with Gasteiger partial charge in [0.1, 0.15) is 0 Å². The second-order valence-electron chi connectivity index (χ2n) is 8.79. The minimum absolute atomic E-state index is 0.189. The predicted octanol–water partition coefficient (Wildman–Crippen LogP) is 5.14. The summed E-state index contributed by atoms with van der Waals surface area (Å²) in [5.74, 6) is -0.213. The standard InChI is InChI=1S/C25H28N2O3/c1-4-25(2,3)16-11-12-20-18(14-16)23(17-8-5-6-9-19(17)27-20)24(29)30-15-22(28)21-10-7-13-26-21/h5-10,13,16,26H,4,11-12,14-15H2,1-3H3/t16-/m0/s1. The molecule has 0 saturated heterocycles. The summed E-state index contributed by atoms with van der Waals surface area (Å²) in [7, 11) is 0. The number of ether oxygens (including phenoxy) is 1. The van der Waals surface area contributed by atoms with Gasteiger partial charge in [-0.15, -0.1) is 0 Å². The van der Waals surface area contributed by atoms with E-state index >= 15 is 0 Å². The Balaban J connectivity index is 1.70. The molecule has 1 aliphatic carbocycles. The zero-order valence-corrected chi connectivity index (χ0v) is 17.8. The molecule has 1 aromatic carbocycles. The monoisotopic (exact) mass is 404 g/mol. The van der Waals surface area contributed by atoms with Crippen molar-refractivity contribution in [3.8, 4) is 0 Å². The molecular formula is C25H28N2O3. The van der Waals surface area contributed by atoms with Crippen LogP contribution >= 0.6 is 0 Å². The summed E-state index contributed by atoms with van der Waals surface area (Å²) in [4.78, 5) is 33.2. The molecule has 3 aromatic rings. The maximum Gasteiger partial charge on any atom is 0.339 e. The minimum Gasteiger partial charge on any atom is -0.454 e. The molecule has 0 spiro atoms. The topological polar surface area (TPSA) is 72.0 Å². The molecule has 0 saturated carbocycles. The number of carbonyl (C=O) groups excluding carboxylic acids is 2. The second-order valence-corrected chi connectivity index (χ2v) is 8.79. The lowest BCUT2D eigenvalue weighted by atomic mass is 9.68. The van der Waals surface area contributed by atoms with Gasteiger partial charge in [0.2, 0.25) is 5.78 Å². The van der Waals surface area contributed by atoms with E-state index in [2.05, 4.69) is 25.8 Å². The number of ketones is 1. The highest BCUT2D eigenvalue weighted by Gasteiger charge is 2.34. The van der Waals surface area contributed by atoms with Crippen LogP contribution in [-0.4, -0.2) is 28.3 Å². The summed E-state index contributed by atoms with van der Waals surface area (Å²) in [6.07, 6.45) is 5.49. The third-order valence-electron chi connectivity index (χ3n) is 6.71. The number of nitrogens with one attached hydrogen (secondary N) is 1. The zero-order valence-electron chi connectivity index (χ0n) is 17.8. The van der Waals surface area contributed by atoms with Crippen LogP contribution in [-0.2, 0) is 17.6 Å². The normalized spacial score (nSPS) is 16.3. The molecule has 0 bridgehead atoms. The van der Waals surface area contributed by atoms with Gasteiger partial charge >= 0.3 is 5.97 Å². The largest absolute Gasteiger partial charge is 0.454 e. The molecule has 30 heavy (non-hydrogen) atoms. The first-order valence-corrected chi connectivity index (χ1v) is 10.6. The van der Waals surface area contributed by atoms with Crippen molar-refractivity contribution in [2.45, 2.75) is 46.5 Å². The first-order chi connectivity index (χ1) is 14.4. The van der Waals surface area contributed by atoms with Crippen molar-refractivity contribution in [1.82, 2.24) is 9.97 Å². The van der Waals surface area contributed by atoms with E-state index in [9.17, 15) is 9.59 Å². The van der Waals surface area contributed by atoms with Crippen LogP contribution in [0.2, 0.25) is 0 Å². The van der Waals surface area contributed by atoms with Crippen LogP contribution < -0.4 is 0 Å². The molecular weight excluding hydrogens is 376 g/mol. The van der Waals surface area contributed by atoms with E-state index in [4.69, 9.17) is 9.72 Å². The van der Waals surface area contributed by atoms with Crippen molar-refractivity contribution in [3.63, 3.8) is 0 Å². The van der Waals surface area contributed by atoms with Gasteiger partial charge in [-0.05, 0) is 54.4 Å². The number of para-hydroxylation sites is 1. The van der Waals surface area contributed by atoms with Crippen molar-refractivity contribution in [3.05, 3.63) is 65.1 Å². The molecule has 0 fully saturated rings. The molecule has 2 aromatic heterocycles. The van der Waals surface area contributed by atoms with Gasteiger partial charge in [0.25, 0.3) is 0 Å². The maximum atomic E-state index is 13.2. The molecule has 0 radical (unpaired) electrons. The van der Waals surface area contributed by atoms with Crippen LogP contribution in [0.1, 0.15) is 65.7 Å². The Labute approximate surface area is 176 Å². The minimum atomic E-state index is -0.445. The number of hydrogen-bond acceptors (Lipinski definition) is 4. The van der Waals surface area contributed by atoms with Gasteiger partial charge in [-0.1, -0.05) is 45.4 Å². The van der Waals surface area contributed by atoms with Crippen LogP contribution in [0.3, 0.4) is 0 Å². The smallest absolute Gasteiger partial charge is 0.339 e. The number of fused-ring (bicyclic) bond motifs is 2. The Morgan fingerprint density at radius 3 is 2.73 bits per heavy atom. The highest BCUT2D eigenvalue weighted by molar-refractivity contribution is 6.06. The van der Waals surface area contributed by atoms with Crippen molar-refractivity contribution in [1.29, 1.82) is 0 Å². The first-order valence-electron chi connectivity index (χ1n) is 10.6. The number of Topliss-reactive ketones (excluding diaryl/α,β-unsaturated/α-hetero) is 1. The molecule has 5 heteroatoms. The molecule has 1 atom stereocenters. The SMILES string of the molecule is CCC(C)(C)[C@H]1CCc2nc3ccccc3c(C(=O)OCC(=O)c3ccc[nH]3)c2C1. The maximum absolute atomic E-state index is 13.2. The van der Waals surface area contributed by atoms with Crippen LogP contribution in [0.5, 0.6) is 0 Å². The fraction of sp³-hybridized carbons (Fsp3) is 0.400. The number of esters is 1. The molecule has 0 unspecified atom stereocenters. The second kappa shape index (κ2) is 8.05. The molecule has 1 aliphatic rings. The summed E-state index contributed by atoms with van der Waals surface area (Å²) < 4.78 is 5.50. The van der Waals surface area contributed by atoms with Gasteiger partial charge in [0.05, 0.1) is 16.8 Å². The van der Waals surface area contributed by atoms with Crippen molar-refractivity contribution in [2.24, 2.45) is 11.3 Å². The Kier molecular flexibility index (Phi) is 5.46. The third kappa shape index (κ3) is 3.76. The van der Waals surface area contributed by atoms with Crippen LogP contribution in [0.4, 0.5) is 0 Å².